The number of halogens is 1. The van der Waals surface area contributed by atoms with Crippen molar-refractivity contribution < 1.29 is 41.4 Å². The number of carbonyl (C=O) groups is 3. The van der Waals surface area contributed by atoms with E-state index in [0.29, 0.717) is 0 Å². The Balaban J connectivity index is 1.59. The van der Waals surface area contributed by atoms with Crippen molar-refractivity contribution in [1.82, 2.24) is 14.9 Å². The first-order valence-electron chi connectivity index (χ1n) is 11.3. The van der Waals surface area contributed by atoms with Crippen LogP contribution in [0.4, 0.5) is 4.79 Å². The van der Waals surface area contributed by atoms with Gasteiger partial charge in [0.05, 0.1) is 47.9 Å². The molecule has 1 saturated heterocycles. The first kappa shape index (κ1) is 26.7. The lowest BCUT2D eigenvalue weighted by Crippen LogP contribution is -2.47. The number of urea groups is 1. The van der Waals surface area contributed by atoms with E-state index in [2.05, 4.69) is 10.6 Å². The van der Waals surface area contributed by atoms with Crippen molar-refractivity contribution >= 4 is 39.6 Å². The molecule has 1 aromatic carbocycles. The maximum Gasteiger partial charge on any atom is 0.338 e. The van der Waals surface area contributed by atoms with E-state index in [0.717, 1.165) is 6.07 Å². The van der Waals surface area contributed by atoms with Crippen LogP contribution < -0.4 is 10.6 Å². The summed E-state index contributed by atoms with van der Waals surface area (Å²) >= 11 is 6.16. The van der Waals surface area contributed by atoms with E-state index in [1.54, 1.807) is 19.1 Å². The highest BCUT2D eigenvalue weighted by atomic mass is 35.5. The number of carbonyl (C=O) groups excluding carboxylic acids is 3. The molecule has 0 spiro atoms. The van der Waals surface area contributed by atoms with Crippen molar-refractivity contribution in [1.29, 1.82) is 0 Å². The molecule has 0 aliphatic carbocycles. The van der Waals surface area contributed by atoms with Gasteiger partial charge < -0.3 is 29.3 Å². The number of furan rings is 1. The predicted molar refractivity (Wildman–Crippen MR) is 128 cm³/mol. The van der Waals surface area contributed by atoms with Gasteiger partial charge in [-0.05, 0) is 37.3 Å². The van der Waals surface area contributed by atoms with Crippen molar-refractivity contribution in [3.05, 3.63) is 64.2 Å². The van der Waals surface area contributed by atoms with E-state index in [1.807, 2.05) is 0 Å². The van der Waals surface area contributed by atoms with Crippen molar-refractivity contribution in [2.75, 3.05) is 39.5 Å². The van der Waals surface area contributed by atoms with E-state index in [-0.39, 0.29) is 65.4 Å². The lowest BCUT2D eigenvalue weighted by Gasteiger charge is -2.27. The van der Waals surface area contributed by atoms with Crippen LogP contribution in [0.25, 0.3) is 0 Å². The van der Waals surface area contributed by atoms with Crippen molar-refractivity contribution in [3.63, 3.8) is 0 Å². The van der Waals surface area contributed by atoms with E-state index in [9.17, 15) is 22.8 Å². The summed E-state index contributed by atoms with van der Waals surface area (Å²) in [6.07, 6.45) is 1.38. The Hall–Kier alpha value is -3.39. The Bertz CT molecular complexity index is 1320. The summed E-state index contributed by atoms with van der Waals surface area (Å²) in [7, 11) is -3.98. The molecule has 0 radical (unpaired) electrons. The van der Waals surface area contributed by atoms with Crippen LogP contribution in [-0.4, -0.2) is 70.2 Å². The molecule has 0 saturated carbocycles. The number of rotatable bonds is 8. The summed E-state index contributed by atoms with van der Waals surface area (Å²) in [4.78, 5) is 37.6. The van der Waals surface area contributed by atoms with Gasteiger partial charge in [0.1, 0.15) is 23.3 Å². The third kappa shape index (κ3) is 5.80. The molecule has 1 fully saturated rings. The summed E-state index contributed by atoms with van der Waals surface area (Å²) in [5, 5.41) is 4.99. The number of sulfonamides is 1. The molecule has 4 rings (SSSR count). The summed E-state index contributed by atoms with van der Waals surface area (Å²) in [5.41, 5.74) is -0.0969. The van der Waals surface area contributed by atoms with Crippen LogP contribution in [0.1, 0.15) is 29.1 Å². The molecule has 198 valence electrons. The Labute approximate surface area is 217 Å². The van der Waals surface area contributed by atoms with Crippen LogP contribution in [0.5, 0.6) is 0 Å². The molecule has 14 heteroatoms. The standard InChI is InChI=1S/C23H24ClN3O9S/c1-2-34-22(29)19-16(25-23(30)26-20(19)17-4-3-9-35-17)13-36-21(28)14-5-6-15(24)18(12-14)37(31,32)27-7-10-33-11-8-27/h3-6,9,12,20H,2,7-8,10-11,13H2,1H3,(H2,25,26,30). The smallest absolute Gasteiger partial charge is 0.338 e. The molecule has 2 N–H and O–H groups in total. The van der Waals surface area contributed by atoms with E-state index < -0.39 is 40.6 Å². The van der Waals surface area contributed by atoms with Gasteiger partial charge in [0.15, 0.2) is 0 Å². The molecule has 1 atom stereocenters. The van der Waals surface area contributed by atoms with Gasteiger partial charge in [0.25, 0.3) is 0 Å². The minimum absolute atomic E-state index is 0.00381. The van der Waals surface area contributed by atoms with Crippen LogP contribution in [0.15, 0.2) is 57.2 Å². The molecular weight excluding hydrogens is 530 g/mol. The summed E-state index contributed by atoms with van der Waals surface area (Å²) in [6, 6.07) is 5.27. The number of benzene rings is 1. The number of morpholine rings is 1. The molecule has 2 aliphatic rings. The topological polar surface area (TPSA) is 153 Å². The zero-order chi connectivity index (χ0) is 26.6. The van der Waals surface area contributed by atoms with Gasteiger partial charge in [-0.25, -0.2) is 22.8 Å². The summed E-state index contributed by atoms with van der Waals surface area (Å²) in [5.74, 6) is -1.36. The number of nitrogens with zero attached hydrogens (tertiary/aromatic N) is 1. The van der Waals surface area contributed by atoms with Crippen molar-refractivity contribution in [2.24, 2.45) is 0 Å². The third-order valence-corrected chi connectivity index (χ3v) is 7.96. The molecule has 0 bridgehead atoms. The average molecular weight is 554 g/mol. The number of amides is 2. The molecule has 12 nitrogen and oxygen atoms in total. The van der Waals surface area contributed by atoms with Gasteiger partial charge in [0, 0.05) is 13.1 Å². The summed E-state index contributed by atoms with van der Waals surface area (Å²) in [6.45, 7) is 1.99. The highest BCUT2D eigenvalue weighted by molar-refractivity contribution is 7.89. The molecule has 2 aliphatic heterocycles. The maximum atomic E-state index is 13.1. The zero-order valence-corrected chi connectivity index (χ0v) is 21.3. The lowest BCUT2D eigenvalue weighted by molar-refractivity contribution is -0.139. The second-order valence-corrected chi connectivity index (χ2v) is 10.2. The molecule has 1 aromatic heterocycles. The van der Waals surface area contributed by atoms with E-state index >= 15 is 0 Å². The molecule has 1 unspecified atom stereocenters. The van der Waals surface area contributed by atoms with Crippen LogP contribution in [0, 0.1) is 0 Å². The van der Waals surface area contributed by atoms with E-state index in [4.69, 9.17) is 30.2 Å². The largest absolute Gasteiger partial charge is 0.467 e. The Morgan fingerprint density at radius 3 is 2.59 bits per heavy atom. The number of hydrogen-bond acceptors (Lipinski definition) is 9. The Kier molecular flexibility index (Phi) is 8.17. The Morgan fingerprint density at radius 1 is 1.16 bits per heavy atom. The van der Waals surface area contributed by atoms with Gasteiger partial charge in [-0.2, -0.15) is 4.31 Å². The molecule has 2 aromatic rings. The van der Waals surface area contributed by atoms with Crippen LogP contribution >= 0.6 is 11.6 Å². The fourth-order valence-corrected chi connectivity index (χ4v) is 5.73. The van der Waals surface area contributed by atoms with Crippen LogP contribution in [0.2, 0.25) is 5.02 Å². The fourth-order valence-electron chi connectivity index (χ4n) is 3.83. The fraction of sp³-hybridized carbons (Fsp3) is 0.348. The minimum atomic E-state index is -3.98. The second-order valence-electron chi connectivity index (χ2n) is 7.90. The highest BCUT2D eigenvalue weighted by Gasteiger charge is 2.36. The van der Waals surface area contributed by atoms with Crippen molar-refractivity contribution in [3.8, 4) is 0 Å². The van der Waals surface area contributed by atoms with Crippen LogP contribution in [-0.2, 0) is 29.0 Å². The monoisotopic (exact) mass is 553 g/mol. The third-order valence-electron chi connectivity index (χ3n) is 5.58. The lowest BCUT2D eigenvalue weighted by atomic mass is 10.0. The number of nitrogens with one attached hydrogen (secondary N) is 2. The molecule has 37 heavy (non-hydrogen) atoms. The number of hydrogen-bond donors (Lipinski definition) is 2. The zero-order valence-electron chi connectivity index (χ0n) is 19.7. The van der Waals surface area contributed by atoms with Gasteiger partial charge >= 0.3 is 18.0 Å². The van der Waals surface area contributed by atoms with Gasteiger partial charge in [0.2, 0.25) is 10.0 Å². The van der Waals surface area contributed by atoms with Gasteiger partial charge in [-0.3, -0.25) is 0 Å². The quantitative estimate of drug-likeness (QED) is 0.467. The first-order valence-corrected chi connectivity index (χ1v) is 13.1. The van der Waals surface area contributed by atoms with Gasteiger partial charge in [-0.15, -0.1) is 0 Å². The molecule has 3 heterocycles. The highest BCUT2D eigenvalue weighted by Crippen LogP contribution is 2.29. The predicted octanol–water partition coefficient (Wildman–Crippen LogP) is 1.98. The molecule has 2 amide bonds. The van der Waals surface area contributed by atoms with Crippen molar-refractivity contribution in [2.45, 2.75) is 17.9 Å². The average Bonchev–Trinajstić information content (AvgIpc) is 3.43. The van der Waals surface area contributed by atoms with Crippen LogP contribution in [0.3, 0.4) is 0 Å². The first-order chi connectivity index (χ1) is 17.7. The normalized spacial score (nSPS) is 18.6. The molecular formula is C23H24ClN3O9S. The summed E-state index contributed by atoms with van der Waals surface area (Å²) < 4.78 is 48.4. The maximum absolute atomic E-state index is 13.1. The SMILES string of the molecule is CCOC(=O)C1=C(COC(=O)c2ccc(Cl)c(S(=O)(=O)N3CCOCC3)c2)NC(=O)NC1c1ccco1. The van der Waals surface area contributed by atoms with E-state index in [1.165, 1.54) is 22.7 Å². The number of ether oxygens (including phenoxy) is 3. The van der Waals surface area contributed by atoms with Gasteiger partial charge in [-0.1, -0.05) is 11.6 Å². The second kappa shape index (κ2) is 11.3. The minimum Gasteiger partial charge on any atom is -0.467 e. The Morgan fingerprint density at radius 2 is 1.92 bits per heavy atom. The number of esters is 2.